The Morgan fingerprint density at radius 1 is 1.53 bits per heavy atom. The van der Waals surface area contributed by atoms with Crippen molar-refractivity contribution in [1.29, 1.82) is 0 Å². The monoisotopic (exact) mass is 227 g/mol. The summed E-state index contributed by atoms with van der Waals surface area (Å²) in [7, 11) is 0. The van der Waals surface area contributed by atoms with Crippen LogP contribution in [0.5, 0.6) is 0 Å². The lowest BCUT2D eigenvalue weighted by molar-refractivity contribution is 0.266. The molecule has 1 aromatic heterocycles. The van der Waals surface area contributed by atoms with Crippen LogP contribution in [0.4, 0.5) is 5.82 Å². The Balaban J connectivity index is 2.24. The number of hydrogen-bond acceptors (Lipinski definition) is 4. The predicted molar refractivity (Wildman–Crippen MR) is 59.1 cm³/mol. The number of halogens is 1. The third-order valence-electron chi connectivity index (χ3n) is 2.79. The molecule has 0 amide bonds. The second-order valence-electron chi connectivity index (χ2n) is 3.91. The van der Waals surface area contributed by atoms with Gasteiger partial charge in [-0.1, -0.05) is 18.5 Å². The van der Waals surface area contributed by atoms with E-state index in [0.717, 1.165) is 30.6 Å². The maximum atomic E-state index is 9.21. The highest BCUT2D eigenvalue weighted by Gasteiger charge is 2.42. The maximum absolute atomic E-state index is 9.21. The van der Waals surface area contributed by atoms with Crippen LogP contribution in [0.25, 0.3) is 0 Å². The van der Waals surface area contributed by atoms with Gasteiger partial charge in [-0.05, 0) is 19.3 Å². The van der Waals surface area contributed by atoms with Gasteiger partial charge in [-0.15, -0.1) is 0 Å². The van der Waals surface area contributed by atoms with E-state index in [1.807, 2.05) is 6.92 Å². The third kappa shape index (κ3) is 2.06. The Hall–Kier alpha value is -0.870. The number of hydrogen-bond donors (Lipinski definition) is 2. The number of aromatic nitrogens is 2. The molecule has 2 rings (SSSR count). The lowest BCUT2D eigenvalue weighted by Gasteiger charge is -2.17. The summed E-state index contributed by atoms with van der Waals surface area (Å²) in [5.74, 6) is 0.754. The molecule has 82 valence electrons. The first-order valence-electron chi connectivity index (χ1n) is 5.09. The molecule has 15 heavy (non-hydrogen) atoms. The van der Waals surface area contributed by atoms with E-state index in [1.165, 1.54) is 6.33 Å². The van der Waals surface area contributed by atoms with Crippen molar-refractivity contribution < 1.29 is 5.11 Å². The molecule has 1 fully saturated rings. The first kappa shape index (κ1) is 10.6. The molecule has 0 aliphatic heterocycles. The van der Waals surface area contributed by atoms with Crippen LogP contribution in [-0.2, 0) is 6.42 Å². The highest BCUT2D eigenvalue weighted by Crippen LogP contribution is 2.39. The molecule has 1 aliphatic carbocycles. The van der Waals surface area contributed by atoms with Gasteiger partial charge in [0.15, 0.2) is 0 Å². The van der Waals surface area contributed by atoms with E-state index in [0.29, 0.717) is 5.15 Å². The molecule has 0 radical (unpaired) electrons. The molecule has 2 N–H and O–H groups in total. The maximum Gasteiger partial charge on any atom is 0.137 e. The highest BCUT2D eigenvalue weighted by molar-refractivity contribution is 6.30. The highest BCUT2D eigenvalue weighted by atomic mass is 35.5. The third-order valence-corrected chi connectivity index (χ3v) is 3.11. The summed E-state index contributed by atoms with van der Waals surface area (Å²) < 4.78 is 0. The first-order valence-corrected chi connectivity index (χ1v) is 5.47. The van der Waals surface area contributed by atoms with Crippen molar-refractivity contribution in [3.05, 3.63) is 17.0 Å². The normalized spacial score (nSPS) is 17.5. The van der Waals surface area contributed by atoms with E-state index in [9.17, 15) is 5.11 Å². The first-order chi connectivity index (χ1) is 7.21. The quantitative estimate of drug-likeness (QED) is 0.768. The van der Waals surface area contributed by atoms with Crippen molar-refractivity contribution in [2.75, 3.05) is 11.9 Å². The van der Waals surface area contributed by atoms with E-state index < -0.39 is 0 Å². The van der Waals surface area contributed by atoms with Crippen molar-refractivity contribution in [3.8, 4) is 0 Å². The van der Waals surface area contributed by atoms with Gasteiger partial charge in [-0.3, -0.25) is 0 Å². The number of nitrogens with zero attached hydrogens (tertiary/aromatic N) is 2. The molecule has 1 aliphatic rings. The lowest BCUT2D eigenvalue weighted by atomic mass is 10.2. The summed E-state index contributed by atoms with van der Waals surface area (Å²) in [6.45, 7) is 2.14. The Morgan fingerprint density at radius 3 is 2.80 bits per heavy atom. The SMILES string of the molecule is CCc1c(Cl)ncnc1NC1(CO)CC1. The number of aliphatic hydroxyl groups excluding tert-OH is 1. The van der Waals surface area contributed by atoms with Gasteiger partial charge in [0.05, 0.1) is 12.1 Å². The van der Waals surface area contributed by atoms with Gasteiger partial charge in [-0.2, -0.15) is 0 Å². The summed E-state index contributed by atoms with van der Waals surface area (Å²) in [6.07, 6.45) is 4.18. The average Bonchev–Trinajstić information content (AvgIpc) is 2.99. The van der Waals surface area contributed by atoms with Crippen LogP contribution in [0.2, 0.25) is 5.15 Å². The second kappa shape index (κ2) is 3.94. The van der Waals surface area contributed by atoms with Crippen molar-refractivity contribution in [3.63, 3.8) is 0 Å². The molecular formula is C10H14ClN3O. The topological polar surface area (TPSA) is 58.0 Å². The summed E-state index contributed by atoms with van der Waals surface area (Å²) in [6, 6.07) is 0. The summed E-state index contributed by atoms with van der Waals surface area (Å²) in [5.41, 5.74) is 0.751. The zero-order valence-electron chi connectivity index (χ0n) is 8.63. The Kier molecular flexibility index (Phi) is 2.80. The molecule has 0 saturated heterocycles. The van der Waals surface area contributed by atoms with Crippen LogP contribution < -0.4 is 5.32 Å². The number of nitrogens with one attached hydrogen (secondary N) is 1. The number of rotatable bonds is 4. The molecule has 1 heterocycles. The average molecular weight is 228 g/mol. The van der Waals surface area contributed by atoms with Crippen molar-refractivity contribution in [2.24, 2.45) is 0 Å². The van der Waals surface area contributed by atoms with Crippen LogP contribution in [-0.4, -0.2) is 27.2 Å². The minimum Gasteiger partial charge on any atom is -0.394 e. The predicted octanol–water partition coefficient (Wildman–Crippen LogP) is 1.63. The molecule has 0 spiro atoms. The van der Waals surface area contributed by atoms with E-state index >= 15 is 0 Å². The van der Waals surface area contributed by atoms with Crippen LogP contribution >= 0.6 is 11.6 Å². The molecule has 0 unspecified atom stereocenters. The standard InChI is InChI=1S/C10H14ClN3O/c1-2-7-8(11)12-6-13-9(7)14-10(5-15)3-4-10/h6,15H,2-5H2,1H3,(H,12,13,14). The zero-order valence-corrected chi connectivity index (χ0v) is 9.38. The molecule has 5 heteroatoms. The molecular weight excluding hydrogens is 214 g/mol. The minimum atomic E-state index is -0.165. The van der Waals surface area contributed by atoms with Crippen molar-refractivity contribution in [2.45, 2.75) is 31.7 Å². The largest absolute Gasteiger partial charge is 0.394 e. The fourth-order valence-electron chi connectivity index (χ4n) is 1.54. The van der Waals surface area contributed by atoms with Gasteiger partial charge in [0, 0.05) is 5.56 Å². The van der Waals surface area contributed by atoms with Gasteiger partial charge < -0.3 is 10.4 Å². The van der Waals surface area contributed by atoms with Gasteiger partial charge in [-0.25, -0.2) is 9.97 Å². The van der Waals surface area contributed by atoms with Gasteiger partial charge in [0.2, 0.25) is 0 Å². The van der Waals surface area contributed by atoms with Crippen LogP contribution in [0.3, 0.4) is 0 Å². The zero-order chi connectivity index (χ0) is 10.9. The second-order valence-corrected chi connectivity index (χ2v) is 4.27. The lowest BCUT2D eigenvalue weighted by Crippen LogP contribution is -2.27. The smallest absolute Gasteiger partial charge is 0.137 e. The van der Waals surface area contributed by atoms with Gasteiger partial charge >= 0.3 is 0 Å². The van der Waals surface area contributed by atoms with Crippen LogP contribution in [0.1, 0.15) is 25.3 Å². The molecule has 1 saturated carbocycles. The summed E-state index contributed by atoms with van der Waals surface area (Å²) >= 11 is 5.97. The molecule has 4 nitrogen and oxygen atoms in total. The fraction of sp³-hybridized carbons (Fsp3) is 0.600. The molecule has 0 aromatic carbocycles. The molecule has 0 atom stereocenters. The van der Waals surface area contributed by atoms with Crippen LogP contribution in [0, 0.1) is 0 Å². The summed E-state index contributed by atoms with van der Waals surface area (Å²) in [4.78, 5) is 8.10. The number of aliphatic hydroxyl groups is 1. The fourth-order valence-corrected chi connectivity index (χ4v) is 1.80. The Morgan fingerprint density at radius 2 is 2.27 bits per heavy atom. The van der Waals surface area contributed by atoms with E-state index in [1.54, 1.807) is 0 Å². The molecule has 1 aromatic rings. The van der Waals surface area contributed by atoms with E-state index in [4.69, 9.17) is 11.6 Å². The van der Waals surface area contributed by atoms with E-state index in [-0.39, 0.29) is 12.1 Å². The summed E-state index contributed by atoms with van der Waals surface area (Å²) in [5, 5.41) is 13.0. The minimum absolute atomic E-state index is 0.137. The van der Waals surface area contributed by atoms with Gasteiger partial charge in [0.1, 0.15) is 17.3 Å². The van der Waals surface area contributed by atoms with Gasteiger partial charge in [0.25, 0.3) is 0 Å². The molecule has 0 bridgehead atoms. The van der Waals surface area contributed by atoms with Crippen molar-refractivity contribution >= 4 is 17.4 Å². The van der Waals surface area contributed by atoms with Crippen molar-refractivity contribution in [1.82, 2.24) is 9.97 Å². The van der Waals surface area contributed by atoms with Crippen LogP contribution in [0.15, 0.2) is 6.33 Å². The Bertz CT molecular complexity index is 366. The number of anilines is 1. The van der Waals surface area contributed by atoms with E-state index in [2.05, 4.69) is 15.3 Å². The Labute approximate surface area is 93.7 Å².